The first kappa shape index (κ1) is 23.7. The Balaban J connectivity index is 1.73. The molecule has 0 unspecified atom stereocenters. The molecule has 6 heteroatoms. The van der Waals surface area contributed by atoms with Crippen LogP contribution in [0, 0.1) is 0 Å². The number of thioether (sulfide) groups is 1. The predicted molar refractivity (Wildman–Crippen MR) is 134 cm³/mol. The maximum atomic E-state index is 13.6. The van der Waals surface area contributed by atoms with E-state index >= 15 is 0 Å². The van der Waals surface area contributed by atoms with Crippen LogP contribution in [0.1, 0.15) is 49.7 Å². The summed E-state index contributed by atoms with van der Waals surface area (Å²) >= 11 is 8.31. The number of nitrogens with one attached hydrogen (secondary N) is 1. The molecule has 2 atom stereocenters. The molecule has 2 aromatic rings. The molecule has 4 nitrogen and oxygen atoms in total. The highest BCUT2D eigenvalue weighted by molar-refractivity contribution is 7.99. The molecule has 0 saturated carbocycles. The summed E-state index contributed by atoms with van der Waals surface area (Å²) in [7, 11) is 0. The number of allylic oxidation sites excluding steroid dienone is 3. The number of esters is 1. The molecule has 1 aliphatic carbocycles. The molecule has 0 aromatic heterocycles. The number of halogens is 1. The highest BCUT2D eigenvalue weighted by Gasteiger charge is 2.42. The number of carbonyl (C=O) groups excluding carboxylic acids is 2. The van der Waals surface area contributed by atoms with Crippen LogP contribution >= 0.6 is 23.4 Å². The lowest BCUT2D eigenvalue weighted by atomic mass is 9.71. The molecule has 0 radical (unpaired) electrons. The summed E-state index contributed by atoms with van der Waals surface area (Å²) in [6.45, 7) is 4.28. The van der Waals surface area contributed by atoms with E-state index in [4.69, 9.17) is 16.3 Å². The van der Waals surface area contributed by atoms with E-state index in [0.717, 1.165) is 28.3 Å². The Hall–Kier alpha value is -2.50. The fourth-order valence-electron chi connectivity index (χ4n) is 4.71. The van der Waals surface area contributed by atoms with E-state index in [2.05, 4.69) is 24.4 Å². The molecule has 1 N–H and O–H groups in total. The van der Waals surface area contributed by atoms with Crippen LogP contribution in [0.5, 0.6) is 0 Å². The van der Waals surface area contributed by atoms with Gasteiger partial charge in [0.25, 0.3) is 0 Å². The standard InChI is InChI=1S/C27H28ClNO3S/c1-3-33-14-13-32-27(31)24-17(2)29-22-15-19(18-9-5-4-6-10-18)16-23(30)26(22)25(24)20-11-7-8-12-21(20)28/h4-12,19,25,29H,3,13-16H2,1-2H3/t19-,25+/m1/s1. The average Bonchev–Trinajstić information content (AvgIpc) is 2.81. The molecule has 0 bridgehead atoms. The lowest BCUT2D eigenvalue weighted by molar-refractivity contribution is -0.138. The Kier molecular flexibility index (Phi) is 7.61. The van der Waals surface area contributed by atoms with Gasteiger partial charge in [0, 0.05) is 40.1 Å². The number of ether oxygens (including phenoxy) is 1. The monoisotopic (exact) mass is 481 g/mol. The number of hydrogen-bond acceptors (Lipinski definition) is 5. The van der Waals surface area contributed by atoms with Gasteiger partial charge in [0.15, 0.2) is 5.78 Å². The van der Waals surface area contributed by atoms with Gasteiger partial charge in [-0.05, 0) is 42.2 Å². The van der Waals surface area contributed by atoms with Crippen molar-refractivity contribution in [2.45, 2.75) is 38.5 Å². The number of Topliss-reactive ketones (excluding diaryl/α,β-unsaturated/α-hetero) is 1. The summed E-state index contributed by atoms with van der Waals surface area (Å²) in [6.07, 6.45) is 1.11. The molecule has 1 heterocycles. The lowest BCUT2D eigenvalue weighted by Gasteiger charge is -2.37. The molecule has 1 aliphatic heterocycles. The van der Waals surface area contributed by atoms with Gasteiger partial charge in [0.2, 0.25) is 0 Å². The number of rotatable bonds is 7. The van der Waals surface area contributed by atoms with Gasteiger partial charge in [-0.3, -0.25) is 4.79 Å². The summed E-state index contributed by atoms with van der Waals surface area (Å²) in [5.41, 5.74) is 4.60. The van der Waals surface area contributed by atoms with Crippen molar-refractivity contribution in [1.29, 1.82) is 0 Å². The SMILES string of the molecule is CCSCCOC(=O)C1=C(C)NC2=C(C(=O)C[C@H](c3ccccc3)C2)[C@H]1c1ccccc1Cl. The quantitative estimate of drug-likeness (QED) is 0.388. The van der Waals surface area contributed by atoms with Crippen LogP contribution in [0.25, 0.3) is 0 Å². The summed E-state index contributed by atoms with van der Waals surface area (Å²) in [6, 6.07) is 17.6. The molecule has 0 amide bonds. The number of ketones is 1. The minimum absolute atomic E-state index is 0.0434. The van der Waals surface area contributed by atoms with Crippen LogP contribution in [0.4, 0.5) is 0 Å². The van der Waals surface area contributed by atoms with Gasteiger partial charge in [-0.25, -0.2) is 4.79 Å². The smallest absolute Gasteiger partial charge is 0.336 e. The molecular formula is C27H28ClNO3S. The van der Waals surface area contributed by atoms with Gasteiger partial charge in [-0.2, -0.15) is 11.8 Å². The van der Waals surface area contributed by atoms with Crippen molar-refractivity contribution >= 4 is 35.1 Å². The maximum Gasteiger partial charge on any atom is 0.336 e. The summed E-state index contributed by atoms with van der Waals surface area (Å²) < 4.78 is 5.62. The number of hydrogen-bond donors (Lipinski definition) is 1. The third kappa shape index (κ3) is 5.04. The van der Waals surface area contributed by atoms with Crippen LogP contribution in [0.2, 0.25) is 5.02 Å². The Morgan fingerprint density at radius 3 is 2.58 bits per heavy atom. The van der Waals surface area contributed by atoms with Crippen molar-refractivity contribution in [3.05, 3.63) is 93.3 Å². The first-order chi connectivity index (χ1) is 16.0. The molecule has 2 aliphatic rings. The van der Waals surface area contributed by atoms with E-state index in [9.17, 15) is 9.59 Å². The number of benzene rings is 2. The topological polar surface area (TPSA) is 55.4 Å². The minimum atomic E-state index is -0.537. The first-order valence-electron chi connectivity index (χ1n) is 11.3. The third-order valence-corrected chi connectivity index (χ3v) is 7.41. The van der Waals surface area contributed by atoms with Crippen LogP contribution < -0.4 is 5.32 Å². The van der Waals surface area contributed by atoms with Crippen molar-refractivity contribution in [2.75, 3.05) is 18.1 Å². The highest BCUT2D eigenvalue weighted by Crippen LogP contribution is 2.47. The molecule has 33 heavy (non-hydrogen) atoms. The summed E-state index contributed by atoms with van der Waals surface area (Å²) in [4.78, 5) is 26.8. The van der Waals surface area contributed by atoms with Crippen molar-refractivity contribution in [3.8, 4) is 0 Å². The number of carbonyl (C=O) groups is 2. The Bertz CT molecular complexity index is 1110. The maximum absolute atomic E-state index is 13.6. The largest absolute Gasteiger partial charge is 0.461 e. The van der Waals surface area contributed by atoms with Crippen LogP contribution in [-0.4, -0.2) is 29.9 Å². The number of dihydropyridines is 1. The van der Waals surface area contributed by atoms with Crippen LogP contribution in [0.3, 0.4) is 0 Å². The first-order valence-corrected chi connectivity index (χ1v) is 12.8. The Morgan fingerprint density at radius 2 is 1.85 bits per heavy atom. The zero-order valence-corrected chi connectivity index (χ0v) is 20.5. The second-order valence-corrected chi connectivity index (χ2v) is 10.1. The fourth-order valence-corrected chi connectivity index (χ4v) is 5.44. The third-order valence-electron chi connectivity index (χ3n) is 6.20. The van der Waals surface area contributed by atoms with E-state index in [0.29, 0.717) is 41.3 Å². The van der Waals surface area contributed by atoms with Gasteiger partial charge in [-0.1, -0.05) is 67.1 Å². The average molecular weight is 482 g/mol. The molecule has 0 saturated heterocycles. The van der Waals surface area contributed by atoms with E-state index in [-0.39, 0.29) is 11.7 Å². The van der Waals surface area contributed by atoms with E-state index in [1.165, 1.54) is 0 Å². The van der Waals surface area contributed by atoms with Crippen LogP contribution in [-0.2, 0) is 14.3 Å². The van der Waals surface area contributed by atoms with Gasteiger partial charge in [-0.15, -0.1) is 0 Å². The lowest BCUT2D eigenvalue weighted by Crippen LogP contribution is -2.36. The zero-order valence-electron chi connectivity index (χ0n) is 18.9. The summed E-state index contributed by atoms with van der Waals surface area (Å²) in [5, 5.41) is 3.93. The molecule has 0 spiro atoms. The second-order valence-electron chi connectivity index (χ2n) is 8.28. The highest BCUT2D eigenvalue weighted by atomic mass is 35.5. The minimum Gasteiger partial charge on any atom is -0.461 e. The molecule has 172 valence electrons. The Morgan fingerprint density at radius 1 is 1.12 bits per heavy atom. The van der Waals surface area contributed by atoms with E-state index in [1.54, 1.807) is 17.8 Å². The van der Waals surface area contributed by atoms with Crippen molar-refractivity contribution < 1.29 is 14.3 Å². The van der Waals surface area contributed by atoms with Gasteiger partial charge < -0.3 is 10.1 Å². The molecule has 4 rings (SSSR count). The van der Waals surface area contributed by atoms with Crippen molar-refractivity contribution in [2.24, 2.45) is 0 Å². The fraction of sp³-hybridized carbons (Fsp3) is 0.333. The zero-order chi connectivity index (χ0) is 23.4. The Labute approximate surface area is 204 Å². The van der Waals surface area contributed by atoms with Crippen molar-refractivity contribution in [1.82, 2.24) is 5.32 Å². The van der Waals surface area contributed by atoms with E-state index in [1.807, 2.05) is 43.3 Å². The molecule has 2 aromatic carbocycles. The van der Waals surface area contributed by atoms with E-state index < -0.39 is 11.9 Å². The van der Waals surface area contributed by atoms with Crippen molar-refractivity contribution in [3.63, 3.8) is 0 Å². The van der Waals surface area contributed by atoms with Crippen LogP contribution in [0.15, 0.2) is 77.1 Å². The van der Waals surface area contributed by atoms with Gasteiger partial charge in [0.05, 0.1) is 5.57 Å². The molecule has 0 fully saturated rings. The second kappa shape index (κ2) is 10.6. The normalized spacial score (nSPS) is 20.4. The molecular weight excluding hydrogens is 454 g/mol. The van der Waals surface area contributed by atoms with Gasteiger partial charge >= 0.3 is 5.97 Å². The van der Waals surface area contributed by atoms with Gasteiger partial charge in [0.1, 0.15) is 6.61 Å². The summed E-state index contributed by atoms with van der Waals surface area (Å²) in [5.74, 6) is 0.920. The predicted octanol–water partition coefficient (Wildman–Crippen LogP) is 6.00.